The van der Waals surface area contributed by atoms with Gasteiger partial charge in [-0.3, -0.25) is 4.79 Å². The number of aromatic nitrogens is 3. The third-order valence-electron chi connectivity index (χ3n) is 4.46. The van der Waals surface area contributed by atoms with Gasteiger partial charge in [-0.05, 0) is 48.6 Å². The molecule has 6 heteroatoms. The Morgan fingerprint density at radius 2 is 2.11 bits per heavy atom. The van der Waals surface area contributed by atoms with Gasteiger partial charge in [-0.2, -0.15) is 5.10 Å². The third kappa shape index (κ3) is 3.61. The Balaban J connectivity index is 1.68. The van der Waals surface area contributed by atoms with Gasteiger partial charge in [0.2, 0.25) is 0 Å². The molecule has 0 atom stereocenters. The molecule has 0 radical (unpaired) electrons. The number of carbonyl (C=O) groups excluding carboxylic acids is 1. The van der Waals surface area contributed by atoms with Crippen LogP contribution in [0.5, 0.6) is 0 Å². The van der Waals surface area contributed by atoms with E-state index < -0.39 is 0 Å². The highest BCUT2D eigenvalue weighted by Crippen LogP contribution is 2.22. The standard InChI is InChI=1S/C21H20N4OS/c1-3-15-6-4-7-16(11-15)24-21(26)18-10-14(2)23-20-19(18)12-22-25(20)13-17-8-5-9-27-17/h4-12H,3,13H2,1-2H3,(H,24,26). The molecular formula is C21H20N4OS. The summed E-state index contributed by atoms with van der Waals surface area (Å²) >= 11 is 1.68. The van der Waals surface area contributed by atoms with Crippen molar-refractivity contribution in [3.8, 4) is 0 Å². The minimum absolute atomic E-state index is 0.144. The Morgan fingerprint density at radius 3 is 2.89 bits per heavy atom. The average Bonchev–Trinajstić information content (AvgIpc) is 3.32. The van der Waals surface area contributed by atoms with Crippen molar-refractivity contribution in [1.82, 2.24) is 14.8 Å². The van der Waals surface area contributed by atoms with Crippen molar-refractivity contribution < 1.29 is 4.79 Å². The molecule has 0 fully saturated rings. The van der Waals surface area contributed by atoms with Gasteiger partial charge in [0, 0.05) is 16.3 Å². The van der Waals surface area contributed by atoms with E-state index in [1.807, 2.05) is 47.3 Å². The summed E-state index contributed by atoms with van der Waals surface area (Å²) < 4.78 is 1.85. The zero-order chi connectivity index (χ0) is 18.8. The number of amides is 1. The van der Waals surface area contributed by atoms with E-state index in [2.05, 4.69) is 34.5 Å². The first-order valence-corrected chi connectivity index (χ1v) is 9.78. The van der Waals surface area contributed by atoms with Crippen LogP contribution in [0.3, 0.4) is 0 Å². The first kappa shape index (κ1) is 17.4. The van der Waals surface area contributed by atoms with Crippen molar-refractivity contribution >= 4 is 34.0 Å². The minimum Gasteiger partial charge on any atom is -0.322 e. The molecule has 27 heavy (non-hydrogen) atoms. The van der Waals surface area contributed by atoms with E-state index in [4.69, 9.17) is 0 Å². The molecule has 4 rings (SSSR count). The van der Waals surface area contributed by atoms with Crippen LogP contribution in [-0.4, -0.2) is 20.7 Å². The van der Waals surface area contributed by atoms with E-state index in [0.29, 0.717) is 12.1 Å². The van der Waals surface area contributed by atoms with Crippen LogP contribution in [0.4, 0.5) is 5.69 Å². The first-order valence-electron chi connectivity index (χ1n) is 8.90. The fourth-order valence-electron chi connectivity index (χ4n) is 3.09. The summed E-state index contributed by atoms with van der Waals surface area (Å²) in [6, 6.07) is 13.8. The quantitative estimate of drug-likeness (QED) is 0.551. The average molecular weight is 376 g/mol. The molecule has 0 saturated carbocycles. The van der Waals surface area contributed by atoms with E-state index in [1.54, 1.807) is 17.5 Å². The van der Waals surface area contributed by atoms with Crippen molar-refractivity contribution in [3.05, 3.63) is 75.7 Å². The van der Waals surface area contributed by atoms with Gasteiger partial charge in [0.1, 0.15) is 0 Å². The van der Waals surface area contributed by atoms with Crippen molar-refractivity contribution in [1.29, 1.82) is 0 Å². The van der Waals surface area contributed by atoms with Gasteiger partial charge < -0.3 is 5.32 Å². The lowest BCUT2D eigenvalue weighted by Crippen LogP contribution is -2.13. The number of pyridine rings is 1. The van der Waals surface area contributed by atoms with Crippen molar-refractivity contribution in [2.24, 2.45) is 0 Å². The van der Waals surface area contributed by atoms with Crippen LogP contribution < -0.4 is 5.32 Å². The second kappa shape index (κ2) is 7.32. The molecule has 1 N–H and O–H groups in total. The summed E-state index contributed by atoms with van der Waals surface area (Å²) in [7, 11) is 0. The van der Waals surface area contributed by atoms with Crippen LogP contribution >= 0.6 is 11.3 Å². The smallest absolute Gasteiger partial charge is 0.256 e. The number of rotatable bonds is 5. The number of carbonyl (C=O) groups is 1. The van der Waals surface area contributed by atoms with Crippen molar-refractivity contribution in [2.45, 2.75) is 26.8 Å². The zero-order valence-corrected chi connectivity index (χ0v) is 16.1. The van der Waals surface area contributed by atoms with Gasteiger partial charge in [-0.15, -0.1) is 11.3 Å². The van der Waals surface area contributed by atoms with Crippen LogP contribution in [0, 0.1) is 6.92 Å². The lowest BCUT2D eigenvalue weighted by atomic mass is 10.1. The molecule has 0 spiro atoms. The maximum Gasteiger partial charge on any atom is 0.256 e. The number of benzene rings is 1. The highest BCUT2D eigenvalue weighted by atomic mass is 32.1. The molecule has 0 aliphatic carbocycles. The zero-order valence-electron chi connectivity index (χ0n) is 15.3. The summed E-state index contributed by atoms with van der Waals surface area (Å²) in [4.78, 5) is 18.8. The van der Waals surface area contributed by atoms with E-state index in [-0.39, 0.29) is 5.91 Å². The maximum atomic E-state index is 12.9. The molecule has 0 bridgehead atoms. The predicted molar refractivity (Wildman–Crippen MR) is 109 cm³/mol. The lowest BCUT2D eigenvalue weighted by molar-refractivity contribution is 0.102. The van der Waals surface area contributed by atoms with E-state index >= 15 is 0 Å². The molecule has 0 aliphatic rings. The molecular weight excluding hydrogens is 356 g/mol. The van der Waals surface area contributed by atoms with Crippen LogP contribution in [0.2, 0.25) is 0 Å². The van der Waals surface area contributed by atoms with E-state index in [0.717, 1.165) is 28.8 Å². The lowest BCUT2D eigenvalue weighted by Gasteiger charge is -2.09. The molecule has 0 unspecified atom stereocenters. The number of fused-ring (bicyclic) bond motifs is 1. The fourth-order valence-corrected chi connectivity index (χ4v) is 3.78. The summed E-state index contributed by atoms with van der Waals surface area (Å²) in [5.74, 6) is -0.144. The van der Waals surface area contributed by atoms with Gasteiger partial charge in [-0.1, -0.05) is 25.1 Å². The molecule has 3 aromatic heterocycles. The molecule has 3 heterocycles. The molecule has 136 valence electrons. The summed E-state index contributed by atoms with van der Waals surface area (Å²) in [6.07, 6.45) is 2.66. The van der Waals surface area contributed by atoms with Crippen LogP contribution in [0.25, 0.3) is 11.0 Å². The van der Waals surface area contributed by atoms with E-state index in [9.17, 15) is 4.79 Å². The number of anilines is 1. The fraction of sp³-hybridized carbons (Fsp3) is 0.190. The monoisotopic (exact) mass is 376 g/mol. The highest BCUT2D eigenvalue weighted by Gasteiger charge is 2.16. The third-order valence-corrected chi connectivity index (χ3v) is 5.32. The number of aryl methyl sites for hydroxylation is 2. The summed E-state index contributed by atoms with van der Waals surface area (Å²) in [5.41, 5.74) is 4.11. The summed E-state index contributed by atoms with van der Waals surface area (Å²) in [5, 5.41) is 10.3. The number of hydrogen-bond donors (Lipinski definition) is 1. The van der Waals surface area contributed by atoms with Crippen LogP contribution in [0.15, 0.2) is 54.0 Å². The Hall–Kier alpha value is -2.99. The number of hydrogen-bond acceptors (Lipinski definition) is 4. The van der Waals surface area contributed by atoms with E-state index in [1.165, 1.54) is 10.4 Å². The molecule has 4 aromatic rings. The van der Waals surface area contributed by atoms with Gasteiger partial charge in [0.05, 0.1) is 23.7 Å². The topological polar surface area (TPSA) is 59.8 Å². The van der Waals surface area contributed by atoms with Gasteiger partial charge in [0.15, 0.2) is 5.65 Å². The first-order chi connectivity index (χ1) is 13.1. The second-order valence-electron chi connectivity index (χ2n) is 6.44. The molecule has 5 nitrogen and oxygen atoms in total. The normalized spacial score (nSPS) is 11.0. The maximum absolute atomic E-state index is 12.9. The number of nitrogens with one attached hydrogen (secondary N) is 1. The largest absolute Gasteiger partial charge is 0.322 e. The number of nitrogens with zero attached hydrogens (tertiary/aromatic N) is 3. The Labute approximate surface area is 161 Å². The molecule has 0 saturated heterocycles. The van der Waals surface area contributed by atoms with Crippen molar-refractivity contribution in [2.75, 3.05) is 5.32 Å². The Morgan fingerprint density at radius 1 is 1.22 bits per heavy atom. The number of thiophene rings is 1. The van der Waals surface area contributed by atoms with Crippen LogP contribution in [0.1, 0.15) is 33.4 Å². The minimum atomic E-state index is -0.144. The second-order valence-corrected chi connectivity index (χ2v) is 7.47. The molecule has 1 amide bonds. The molecule has 1 aromatic carbocycles. The van der Waals surface area contributed by atoms with Crippen molar-refractivity contribution in [3.63, 3.8) is 0 Å². The van der Waals surface area contributed by atoms with Gasteiger partial charge in [-0.25, -0.2) is 9.67 Å². The van der Waals surface area contributed by atoms with Gasteiger partial charge in [0.25, 0.3) is 5.91 Å². The summed E-state index contributed by atoms with van der Waals surface area (Å²) in [6.45, 7) is 4.65. The SMILES string of the molecule is CCc1cccc(NC(=O)c2cc(C)nc3c2cnn3Cc2cccs2)c1. The highest BCUT2D eigenvalue weighted by molar-refractivity contribution is 7.09. The van der Waals surface area contributed by atoms with Crippen LogP contribution in [-0.2, 0) is 13.0 Å². The Bertz CT molecular complexity index is 1100. The van der Waals surface area contributed by atoms with Gasteiger partial charge >= 0.3 is 0 Å². The Kier molecular flexibility index (Phi) is 4.73. The predicted octanol–water partition coefficient (Wildman–Crippen LogP) is 4.66. The molecule has 0 aliphatic heterocycles.